The van der Waals surface area contributed by atoms with Gasteiger partial charge in [-0.2, -0.15) is 0 Å². The van der Waals surface area contributed by atoms with E-state index in [9.17, 15) is 9.90 Å². The predicted octanol–water partition coefficient (Wildman–Crippen LogP) is 3.39. The summed E-state index contributed by atoms with van der Waals surface area (Å²) < 4.78 is 5.66. The summed E-state index contributed by atoms with van der Waals surface area (Å²) in [7, 11) is 0. The number of carboxylic acid groups (broad SMARTS) is 1. The molecule has 2 fully saturated rings. The minimum Gasteiger partial charge on any atom is -0.489 e. The number of carbonyl (C=O) groups is 1. The average Bonchev–Trinajstić information content (AvgIpc) is 3.03. The Balaban J connectivity index is 1.88. The number of aliphatic carboxylic acids is 1. The Kier molecular flexibility index (Phi) is 2.74. The highest BCUT2D eigenvalue weighted by Gasteiger charge is 2.46. The topological polar surface area (TPSA) is 46.5 Å². The molecule has 3 nitrogen and oxygen atoms in total. The fourth-order valence-corrected chi connectivity index (χ4v) is 2.64. The van der Waals surface area contributed by atoms with Gasteiger partial charge in [0.15, 0.2) is 0 Å². The molecule has 2 aliphatic carbocycles. The normalized spacial score (nSPS) is 21.2. The van der Waals surface area contributed by atoms with Gasteiger partial charge in [0.2, 0.25) is 0 Å². The first-order chi connectivity index (χ1) is 8.62. The number of halogens is 1. The van der Waals surface area contributed by atoms with Crippen LogP contribution in [-0.2, 0) is 10.2 Å². The zero-order chi connectivity index (χ0) is 12.8. The lowest BCUT2D eigenvalue weighted by molar-refractivity contribution is -0.147. The molecule has 0 saturated heterocycles. The summed E-state index contributed by atoms with van der Waals surface area (Å²) >= 11 is 6.18. The summed E-state index contributed by atoms with van der Waals surface area (Å²) in [5.41, 5.74) is 0.0799. The monoisotopic (exact) mass is 266 g/mol. The highest BCUT2D eigenvalue weighted by atomic mass is 35.5. The molecular weight excluding hydrogens is 252 g/mol. The highest BCUT2D eigenvalue weighted by Crippen LogP contribution is 2.45. The Hall–Kier alpha value is -1.22. The molecule has 0 unspecified atom stereocenters. The molecule has 0 spiro atoms. The average molecular weight is 267 g/mol. The lowest BCUT2D eigenvalue weighted by atomic mass is 9.64. The van der Waals surface area contributed by atoms with Gasteiger partial charge in [-0.25, -0.2) is 0 Å². The summed E-state index contributed by atoms with van der Waals surface area (Å²) in [4.78, 5) is 11.4. The Morgan fingerprint density at radius 1 is 1.39 bits per heavy atom. The second-order valence-electron chi connectivity index (χ2n) is 5.20. The molecular formula is C14H15ClO3. The standard InChI is InChI=1S/C14H15ClO3/c15-11-8-9(14(13(16)17)6-1-7-14)2-5-12(11)18-10-3-4-10/h2,5,8,10H,1,3-4,6-7H2,(H,16,17). The van der Waals surface area contributed by atoms with Gasteiger partial charge in [0.05, 0.1) is 16.5 Å². The molecule has 2 aliphatic rings. The van der Waals surface area contributed by atoms with E-state index in [1.807, 2.05) is 6.07 Å². The van der Waals surface area contributed by atoms with Crippen molar-refractivity contribution in [3.63, 3.8) is 0 Å². The molecule has 0 amide bonds. The van der Waals surface area contributed by atoms with Gasteiger partial charge in [0, 0.05) is 0 Å². The Morgan fingerprint density at radius 2 is 2.11 bits per heavy atom. The van der Waals surface area contributed by atoms with Crippen molar-refractivity contribution in [1.29, 1.82) is 0 Å². The number of rotatable bonds is 4. The van der Waals surface area contributed by atoms with E-state index in [4.69, 9.17) is 16.3 Å². The first kappa shape index (κ1) is 11.8. The molecule has 18 heavy (non-hydrogen) atoms. The Labute approximate surface area is 111 Å². The molecule has 0 aliphatic heterocycles. The lowest BCUT2D eigenvalue weighted by Crippen LogP contribution is -2.42. The Bertz CT molecular complexity index is 490. The first-order valence-electron chi connectivity index (χ1n) is 6.32. The fraction of sp³-hybridized carbons (Fsp3) is 0.500. The third-order valence-corrected chi connectivity index (χ3v) is 4.21. The van der Waals surface area contributed by atoms with E-state index in [0.717, 1.165) is 24.8 Å². The van der Waals surface area contributed by atoms with Gasteiger partial charge in [-0.1, -0.05) is 24.1 Å². The van der Waals surface area contributed by atoms with Crippen LogP contribution in [0.15, 0.2) is 18.2 Å². The number of carboxylic acids is 1. The summed E-state index contributed by atoms with van der Waals surface area (Å²) in [6, 6.07) is 5.41. The van der Waals surface area contributed by atoms with Crippen LogP contribution < -0.4 is 4.74 Å². The molecule has 0 radical (unpaired) electrons. The van der Waals surface area contributed by atoms with Crippen LogP contribution in [0.1, 0.15) is 37.7 Å². The fourth-order valence-electron chi connectivity index (χ4n) is 2.42. The van der Waals surface area contributed by atoms with Crippen LogP contribution in [0.2, 0.25) is 5.02 Å². The molecule has 0 bridgehead atoms. The van der Waals surface area contributed by atoms with E-state index < -0.39 is 11.4 Å². The maximum atomic E-state index is 11.4. The lowest BCUT2D eigenvalue weighted by Gasteiger charge is -2.38. The van der Waals surface area contributed by atoms with Crippen LogP contribution in [0.25, 0.3) is 0 Å². The van der Waals surface area contributed by atoms with E-state index in [1.54, 1.807) is 12.1 Å². The van der Waals surface area contributed by atoms with E-state index in [0.29, 0.717) is 29.7 Å². The van der Waals surface area contributed by atoms with Crippen molar-refractivity contribution >= 4 is 17.6 Å². The summed E-state index contributed by atoms with van der Waals surface area (Å²) in [6.45, 7) is 0. The van der Waals surface area contributed by atoms with Gasteiger partial charge in [0.25, 0.3) is 0 Å². The van der Waals surface area contributed by atoms with Crippen molar-refractivity contribution in [2.45, 2.75) is 43.6 Å². The van der Waals surface area contributed by atoms with Crippen molar-refractivity contribution < 1.29 is 14.6 Å². The minimum atomic E-state index is -0.749. The largest absolute Gasteiger partial charge is 0.489 e. The number of hydrogen-bond acceptors (Lipinski definition) is 2. The minimum absolute atomic E-state index is 0.297. The van der Waals surface area contributed by atoms with E-state index in [-0.39, 0.29) is 0 Å². The molecule has 0 heterocycles. The van der Waals surface area contributed by atoms with Gasteiger partial charge in [0.1, 0.15) is 5.75 Å². The van der Waals surface area contributed by atoms with Gasteiger partial charge in [-0.3, -0.25) is 4.79 Å². The molecule has 1 aromatic rings. The maximum absolute atomic E-state index is 11.4. The van der Waals surface area contributed by atoms with Crippen molar-refractivity contribution in [2.75, 3.05) is 0 Å². The van der Waals surface area contributed by atoms with Crippen molar-refractivity contribution in [3.8, 4) is 5.75 Å². The quantitative estimate of drug-likeness (QED) is 0.909. The zero-order valence-electron chi connectivity index (χ0n) is 9.99. The van der Waals surface area contributed by atoms with Crippen LogP contribution in [0.5, 0.6) is 5.75 Å². The van der Waals surface area contributed by atoms with Gasteiger partial charge >= 0.3 is 5.97 Å². The number of hydrogen-bond donors (Lipinski definition) is 1. The van der Waals surface area contributed by atoms with Gasteiger partial charge in [-0.15, -0.1) is 0 Å². The number of ether oxygens (including phenoxy) is 1. The smallest absolute Gasteiger partial charge is 0.314 e. The predicted molar refractivity (Wildman–Crippen MR) is 68.3 cm³/mol. The molecule has 1 aromatic carbocycles. The molecule has 2 saturated carbocycles. The molecule has 1 N–H and O–H groups in total. The van der Waals surface area contributed by atoms with Crippen LogP contribution in [0.4, 0.5) is 0 Å². The van der Waals surface area contributed by atoms with E-state index >= 15 is 0 Å². The van der Waals surface area contributed by atoms with Crippen LogP contribution >= 0.6 is 11.6 Å². The molecule has 0 aromatic heterocycles. The second-order valence-corrected chi connectivity index (χ2v) is 5.61. The van der Waals surface area contributed by atoms with Gasteiger partial charge in [-0.05, 0) is 43.4 Å². The molecule has 96 valence electrons. The van der Waals surface area contributed by atoms with Crippen molar-refractivity contribution in [2.24, 2.45) is 0 Å². The molecule has 4 heteroatoms. The van der Waals surface area contributed by atoms with Crippen LogP contribution in [-0.4, -0.2) is 17.2 Å². The van der Waals surface area contributed by atoms with Crippen molar-refractivity contribution in [1.82, 2.24) is 0 Å². The third-order valence-electron chi connectivity index (χ3n) is 3.92. The van der Waals surface area contributed by atoms with Crippen LogP contribution in [0, 0.1) is 0 Å². The summed E-state index contributed by atoms with van der Waals surface area (Å²) in [5, 5.41) is 9.90. The zero-order valence-corrected chi connectivity index (χ0v) is 10.7. The second kappa shape index (κ2) is 4.16. The van der Waals surface area contributed by atoms with Crippen LogP contribution in [0.3, 0.4) is 0 Å². The first-order valence-corrected chi connectivity index (χ1v) is 6.70. The summed E-state index contributed by atoms with van der Waals surface area (Å²) in [5.74, 6) is -0.0801. The maximum Gasteiger partial charge on any atom is 0.314 e. The van der Waals surface area contributed by atoms with E-state index in [1.165, 1.54) is 0 Å². The molecule has 3 rings (SSSR count). The van der Waals surface area contributed by atoms with Gasteiger partial charge < -0.3 is 9.84 Å². The van der Waals surface area contributed by atoms with E-state index in [2.05, 4.69) is 0 Å². The molecule has 0 atom stereocenters. The SMILES string of the molecule is O=C(O)C1(c2ccc(OC3CC3)c(Cl)c2)CCC1. The Morgan fingerprint density at radius 3 is 2.56 bits per heavy atom. The third kappa shape index (κ3) is 1.87. The number of benzene rings is 1. The highest BCUT2D eigenvalue weighted by molar-refractivity contribution is 6.32. The summed E-state index contributed by atoms with van der Waals surface area (Å²) in [6.07, 6.45) is 4.81. The van der Waals surface area contributed by atoms with Crippen molar-refractivity contribution in [3.05, 3.63) is 28.8 Å².